The van der Waals surface area contributed by atoms with Gasteiger partial charge in [-0.1, -0.05) is 6.92 Å². The van der Waals surface area contributed by atoms with E-state index in [2.05, 4.69) is 32.8 Å². The van der Waals surface area contributed by atoms with Crippen molar-refractivity contribution in [1.82, 2.24) is 19.6 Å². The largest absolute Gasteiger partial charge is 0.336 e. The Morgan fingerprint density at radius 1 is 1.59 bits per heavy atom. The molecule has 0 aliphatic rings. The second-order valence-electron chi connectivity index (χ2n) is 3.46. The molecule has 0 unspecified atom stereocenters. The number of aromatic nitrogens is 4. The summed E-state index contributed by atoms with van der Waals surface area (Å²) in [6, 6.07) is 0. The Morgan fingerprint density at radius 3 is 2.76 bits per heavy atom. The molecule has 8 heteroatoms. The molecule has 2 aromatic heterocycles. The van der Waals surface area contributed by atoms with E-state index in [1.807, 2.05) is 6.92 Å². The Bertz CT molecular complexity index is 574. The van der Waals surface area contributed by atoms with Crippen LogP contribution in [0, 0.1) is 13.7 Å². The first-order chi connectivity index (χ1) is 8.04. The third kappa shape index (κ3) is 2.04. The number of nitrogens with zero attached hydrogens (tertiary/aromatic N) is 5. The van der Waals surface area contributed by atoms with Crippen molar-refractivity contribution < 1.29 is 4.92 Å². The minimum atomic E-state index is -0.407. The van der Waals surface area contributed by atoms with Gasteiger partial charge in [0.15, 0.2) is 0 Å². The maximum Gasteiger partial charge on any atom is 0.336 e. The van der Waals surface area contributed by atoms with Crippen LogP contribution in [0.3, 0.4) is 0 Å². The number of rotatable bonds is 3. The molecule has 0 saturated carbocycles. The van der Waals surface area contributed by atoms with Gasteiger partial charge in [0.05, 0.1) is 14.7 Å². The normalized spacial score (nSPS) is 10.8. The highest BCUT2D eigenvalue weighted by Gasteiger charge is 2.27. The Hall–Kier alpha value is -1.45. The summed E-state index contributed by atoms with van der Waals surface area (Å²) in [5, 5.41) is 19.3. The maximum atomic E-state index is 11.1. The van der Waals surface area contributed by atoms with Crippen LogP contribution in [0.15, 0.2) is 12.4 Å². The maximum absolute atomic E-state index is 11.1. The molecule has 0 aromatic carbocycles. The third-order valence-corrected chi connectivity index (χ3v) is 2.91. The van der Waals surface area contributed by atoms with Crippen LogP contribution in [0.4, 0.5) is 5.69 Å². The molecule has 0 atom stereocenters. The molecule has 0 N–H and O–H groups in total. The van der Waals surface area contributed by atoms with Gasteiger partial charge in [0.2, 0.25) is 5.82 Å². The summed E-state index contributed by atoms with van der Waals surface area (Å²) >= 11 is 2.10. The lowest BCUT2D eigenvalue weighted by Gasteiger charge is -2.00. The zero-order valence-electron chi connectivity index (χ0n) is 9.29. The average molecular weight is 347 g/mol. The van der Waals surface area contributed by atoms with Crippen molar-refractivity contribution in [2.75, 3.05) is 0 Å². The molecule has 0 aliphatic heterocycles. The second-order valence-corrected chi connectivity index (χ2v) is 4.70. The van der Waals surface area contributed by atoms with Gasteiger partial charge >= 0.3 is 5.69 Å². The van der Waals surface area contributed by atoms with Crippen LogP contribution in [0.1, 0.15) is 12.6 Å². The lowest BCUT2D eigenvalue weighted by molar-refractivity contribution is -0.385. The van der Waals surface area contributed by atoms with Gasteiger partial charge in [-0.3, -0.25) is 10.1 Å². The van der Waals surface area contributed by atoms with Crippen LogP contribution in [0.5, 0.6) is 0 Å². The van der Waals surface area contributed by atoms with Gasteiger partial charge in [0.1, 0.15) is 5.69 Å². The summed E-state index contributed by atoms with van der Waals surface area (Å²) in [7, 11) is 1.68. The second kappa shape index (κ2) is 4.43. The fourth-order valence-electron chi connectivity index (χ4n) is 1.66. The molecule has 2 aromatic rings. The fraction of sp³-hybridized carbons (Fsp3) is 0.333. The van der Waals surface area contributed by atoms with Gasteiger partial charge in [-0.25, -0.2) is 9.36 Å². The van der Waals surface area contributed by atoms with E-state index in [9.17, 15) is 10.1 Å². The molecule has 0 fully saturated rings. The highest BCUT2D eigenvalue weighted by atomic mass is 127. The molecular weight excluding hydrogens is 337 g/mol. The molecule has 2 rings (SSSR count). The molecule has 0 saturated heterocycles. The first kappa shape index (κ1) is 12.0. The van der Waals surface area contributed by atoms with E-state index < -0.39 is 4.92 Å². The first-order valence-corrected chi connectivity index (χ1v) is 6.03. The smallest absolute Gasteiger partial charge is 0.258 e. The minimum Gasteiger partial charge on any atom is -0.258 e. The summed E-state index contributed by atoms with van der Waals surface area (Å²) < 4.78 is 3.88. The topological polar surface area (TPSA) is 78.8 Å². The molecule has 0 amide bonds. The summed E-state index contributed by atoms with van der Waals surface area (Å²) in [6.45, 7) is 1.84. The van der Waals surface area contributed by atoms with Crippen molar-refractivity contribution in [3.63, 3.8) is 0 Å². The van der Waals surface area contributed by atoms with E-state index in [1.165, 1.54) is 9.36 Å². The number of hydrogen-bond acceptors (Lipinski definition) is 4. The summed E-state index contributed by atoms with van der Waals surface area (Å²) in [4.78, 5) is 10.7. The van der Waals surface area contributed by atoms with E-state index in [1.54, 1.807) is 19.4 Å². The molecule has 0 bridgehead atoms. The van der Waals surface area contributed by atoms with Gasteiger partial charge in [-0.05, 0) is 29.0 Å². The molecule has 0 radical (unpaired) electrons. The van der Waals surface area contributed by atoms with Gasteiger partial charge in [0, 0.05) is 13.2 Å². The minimum absolute atomic E-state index is 0.0227. The SMILES string of the molecule is CCc1nn(C)c(-n2cc(I)cn2)c1[N+](=O)[O-]. The molecule has 0 aliphatic carbocycles. The number of halogens is 1. The van der Waals surface area contributed by atoms with Crippen LogP contribution >= 0.6 is 22.6 Å². The van der Waals surface area contributed by atoms with Crippen LogP contribution in [-0.2, 0) is 13.5 Å². The number of aryl methyl sites for hydroxylation is 2. The summed E-state index contributed by atoms with van der Waals surface area (Å²) in [5.74, 6) is 0.384. The Balaban J connectivity index is 2.68. The Morgan fingerprint density at radius 2 is 2.29 bits per heavy atom. The number of hydrogen-bond donors (Lipinski definition) is 0. The number of nitro groups is 1. The zero-order chi connectivity index (χ0) is 12.6. The van der Waals surface area contributed by atoms with Crippen LogP contribution in [0.2, 0.25) is 0 Å². The molecule has 17 heavy (non-hydrogen) atoms. The van der Waals surface area contributed by atoms with Crippen LogP contribution in [-0.4, -0.2) is 24.5 Å². The van der Waals surface area contributed by atoms with Gasteiger partial charge in [0.25, 0.3) is 0 Å². The third-order valence-electron chi connectivity index (χ3n) is 2.35. The highest BCUT2D eigenvalue weighted by molar-refractivity contribution is 14.1. The van der Waals surface area contributed by atoms with E-state index in [-0.39, 0.29) is 5.69 Å². The predicted octanol–water partition coefficient (Wildman–Crippen LogP) is 1.68. The van der Waals surface area contributed by atoms with Crippen molar-refractivity contribution in [2.24, 2.45) is 7.05 Å². The lowest BCUT2D eigenvalue weighted by atomic mass is 10.3. The van der Waals surface area contributed by atoms with E-state index in [4.69, 9.17) is 0 Å². The zero-order valence-corrected chi connectivity index (χ0v) is 11.4. The molecule has 0 spiro atoms. The van der Waals surface area contributed by atoms with Gasteiger partial charge in [-0.15, -0.1) is 0 Å². The predicted molar refractivity (Wildman–Crippen MR) is 69.1 cm³/mol. The highest BCUT2D eigenvalue weighted by Crippen LogP contribution is 2.26. The van der Waals surface area contributed by atoms with Gasteiger partial charge < -0.3 is 0 Å². The average Bonchev–Trinajstić information content (AvgIpc) is 2.81. The van der Waals surface area contributed by atoms with E-state index in [0.717, 1.165) is 3.57 Å². The molecular formula is C9H10IN5O2. The summed E-state index contributed by atoms with van der Waals surface area (Å²) in [5.41, 5.74) is 0.493. The van der Waals surface area contributed by atoms with Crippen LogP contribution in [0.25, 0.3) is 5.82 Å². The fourth-order valence-corrected chi connectivity index (χ4v) is 2.05. The van der Waals surface area contributed by atoms with Crippen molar-refractivity contribution in [3.05, 3.63) is 31.8 Å². The Kier molecular flexibility index (Phi) is 3.13. The monoisotopic (exact) mass is 347 g/mol. The molecule has 7 nitrogen and oxygen atoms in total. The summed E-state index contributed by atoms with van der Waals surface area (Å²) in [6.07, 6.45) is 3.88. The molecule has 90 valence electrons. The van der Waals surface area contributed by atoms with E-state index in [0.29, 0.717) is 17.9 Å². The van der Waals surface area contributed by atoms with Crippen molar-refractivity contribution >= 4 is 28.3 Å². The van der Waals surface area contributed by atoms with Crippen LogP contribution < -0.4 is 0 Å². The molecule has 2 heterocycles. The van der Waals surface area contributed by atoms with Crippen molar-refractivity contribution in [1.29, 1.82) is 0 Å². The Labute approximate surface area is 111 Å². The standard InChI is InChI=1S/C9H10IN5O2/c1-3-7-8(15(16)17)9(13(2)12-7)14-5-6(10)4-11-14/h4-5H,3H2,1-2H3. The van der Waals surface area contributed by atoms with Crippen molar-refractivity contribution in [2.45, 2.75) is 13.3 Å². The first-order valence-electron chi connectivity index (χ1n) is 4.95. The van der Waals surface area contributed by atoms with E-state index >= 15 is 0 Å². The van der Waals surface area contributed by atoms with Gasteiger partial charge in [-0.2, -0.15) is 10.2 Å². The lowest BCUT2D eigenvalue weighted by Crippen LogP contribution is -2.05. The van der Waals surface area contributed by atoms with Crippen molar-refractivity contribution in [3.8, 4) is 5.82 Å². The quantitative estimate of drug-likeness (QED) is 0.481.